The Balaban J connectivity index is 2.05. The Hall–Kier alpha value is -0.690. The predicted octanol–water partition coefficient (Wildman–Crippen LogP) is 2.38. The van der Waals surface area contributed by atoms with Gasteiger partial charge in [0.05, 0.1) is 25.9 Å². The van der Waals surface area contributed by atoms with Crippen molar-refractivity contribution in [1.82, 2.24) is 0 Å². The fourth-order valence-electron chi connectivity index (χ4n) is 2.58. The van der Waals surface area contributed by atoms with Gasteiger partial charge in [0.25, 0.3) is 0 Å². The maximum absolute atomic E-state index is 8.97. The van der Waals surface area contributed by atoms with E-state index in [1.165, 1.54) is 0 Å². The Morgan fingerprint density at radius 2 is 2.00 bits per heavy atom. The van der Waals surface area contributed by atoms with Gasteiger partial charge >= 0.3 is 0 Å². The number of ether oxygens (including phenoxy) is 4. The third-order valence-corrected chi connectivity index (χ3v) is 4.06. The van der Waals surface area contributed by atoms with Gasteiger partial charge in [0, 0.05) is 12.1 Å². The van der Waals surface area contributed by atoms with Gasteiger partial charge in [-0.05, 0) is 18.1 Å². The van der Waals surface area contributed by atoms with Gasteiger partial charge in [-0.1, -0.05) is 36.7 Å². The van der Waals surface area contributed by atoms with Crippen molar-refractivity contribution in [2.24, 2.45) is 0 Å². The van der Waals surface area contributed by atoms with Crippen LogP contribution in [0.5, 0.6) is 0 Å². The van der Waals surface area contributed by atoms with Crippen molar-refractivity contribution in [3.8, 4) is 0 Å². The Morgan fingerprint density at radius 3 is 2.64 bits per heavy atom. The first-order valence-corrected chi connectivity index (χ1v) is 7.84. The van der Waals surface area contributed by atoms with Crippen molar-refractivity contribution in [3.63, 3.8) is 0 Å². The molecule has 0 amide bonds. The molecule has 1 N–H and O–H groups in total. The highest BCUT2D eigenvalue weighted by molar-refractivity contribution is 6.31. The van der Waals surface area contributed by atoms with E-state index in [0.717, 1.165) is 12.0 Å². The summed E-state index contributed by atoms with van der Waals surface area (Å²) in [6.07, 6.45) is -0.460. The van der Waals surface area contributed by atoms with Crippen LogP contribution in [0.15, 0.2) is 24.3 Å². The van der Waals surface area contributed by atoms with Crippen LogP contribution >= 0.6 is 11.6 Å². The Morgan fingerprint density at radius 1 is 1.23 bits per heavy atom. The highest BCUT2D eigenvalue weighted by Crippen LogP contribution is 2.30. The molecule has 0 spiro atoms. The van der Waals surface area contributed by atoms with Crippen LogP contribution in [-0.4, -0.2) is 50.0 Å². The van der Waals surface area contributed by atoms with Crippen LogP contribution in [0, 0.1) is 0 Å². The van der Waals surface area contributed by atoms with Crippen LogP contribution in [0.1, 0.15) is 18.9 Å². The standard InChI is InChI=1S/C16H23ClO5/c1-3-13-14(15(20-9-8-18)16(19-2)22-13)21-10-11-6-4-5-7-12(11)17/h4-7,13-16,18H,3,8-10H2,1-2H3/t13-,14+,15-,16?/m1/s1. The van der Waals surface area contributed by atoms with Gasteiger partial charge in [-0.3, -0.25) is 0 Å². The summed E-state index contributed by atoms with van der Waals surface area (Å²) >= 11 is 6.16. The molecule has 1 aromatic rings. The Bertz CT molecular complexity index is 456. The second kappa shape index (κ2) is 8.82. The molecule has 5 nitrogen and oxygen atoms in total. The third kappa shape index (κ3) is 4.19. The summed E-state index contributed by atoms with van der Waals surface area (Å²) in [7, 11) is 1.57. The maximum atomic E-state index is 8.97. The minimum Gasteiger partial charge on any atom is -0.394 e. The molecule has 4 atom stereocenters. The number of aliphatic hydroxyl groups excluding tert-OH is 1. The molecule has 1 saturated heterocycles. The number of halogens is 1. The molecule has 1 fully saturated rings. The summed E-state index contributed by atoms with van der Waals surface area (Å²) in [5.74, 6) is 0. The first kappa shape index (κ1) is 17.7. The average molecular weight is 331 g/mol. The topological polar surface area (TPSA) is 57.2 Å². The van der Waals surface area contributed by atoms with Crippen molar-refractivity contribution >= 4 is 11.6 Å². The Labute approximate surface area is 136 Å². The lowest BCUT2D eigenvalue weighted by Crippen LogP contribution is -2.38. The molecule has 6 heteroatoms. The van der Waals surface area contributed by atoms with Gasteiger partial charge in [0.1, 0.15) is 12.2 Å². The highest BCUT2D eigenvalue weighted by atomic mass is 35.5. The molecule has 1 heterocycles. The number of methoxy groups -OCH3 is 1. The van der Waals surface area contributed by atoms with Gasteiger partial charge < -0.3 is 24.1 Å². The first-order valence-electron chi connectivity index (χ1n) is 7.47. The van der Waals surface area contributed by atoms with E-state index >= 15 is 0 Å². The lowest BCUT2D eigenvalue weighted by Gasteiger charge is -2.24. The van der Waals surface area contributed by atoms with E-state index < -0.39 is 6.29 Å². The van der Waals surface area contributed by atoms with Crippen LogP contribution < -0.4 is 0 Å². The molecule has 124 valence electrons. The second-order valence-electron chi connectivity index (χ2n) is 5.11. The molecule has 1 aliphatic rings. The quantitative estimate of drug-likeness (QED) is 0.793. The highest BCUT2D eigenvalue weighted by Gasteiger charge is 2.45. The van der Waals surface area contributed by atoms with Crippen LogP contribution in [0.25, 0.3) is 0 Å². The van der Waals surface area contributed by atoms with Gasteiger partial charge in [0.2, 0.25) is 0 Å². The van der Waals surface area contributed by atoms with Gasteiger partial charge in [0.15, 0.2) is 6.29 Å². The Kier molecular flexibility index (Phi) is 7.08. The summed E-state index contributed by atoms with van der Waals surface area (Å²) in [4.78, 5) is 0. The summed E-state index contributed by atoms with van der Waals surface area (Å²) in [5.41, 5.74) is 0.917. The zero-order valence-corrected chi connectivity index (χ0v) is 13.7. The molecule has 1 aliphatic heterocycles. The zero-order chi connectivity index (χ0) is 15.9. The number of hydrogen-bond donors (Lipinski definition) is 1. The smallest absolute Gasteiger partial charge is 0.186 e. The van der Waals surface area contributed by atoms with Gasteiger partial charge in [-0.25, -0.2) is 0 Å². The molecule has 0 aliphatic carbocycles. The van der Waals surface area contributed by atoms with Crippen LogP contribution in [-0.2, 0) is 25.6 Å². The number of hydrogen-bond acceptors (Lipinski definition) is 5. The van der Waals surface area contributed by atoms with Gasteiger partial charge in [-0.2, -0.15) is 0 Å². The molecule has 0 bridgehead atoms. The molecular weight excluding hydrogens is 308 g/mol. The van der Waals surface area contributed by atoms with Crippen LogP contribution in [0.2, 0.25) is 5.02 Å². The van der Waals surface area contributed by atoms with E-state index in [0.29, 0.717) is 11.6 Å². The van der Waals surface area contributed by atoms with Gasteiger partial charge in [-0.15, -0.1) is 0 Å². The summed E-state index contributed by atoms with van der Waals surface area (Å²) in [6.45, 7) is 2.56. The van der Waals surface area contributed by atoms with E-state index in [1.54, 1.807) is 7.11 Å². The molecule has 0 saturated carbocycles. The SMILES string of the molecule is CC[C@H]1OC(OC)[C@H](OCCO)[C@H]1OCc1ccccc1Cl. The number of benzene rings is 1. The van der Waals surface area contributed by atoms with Crippen LogP contribution in [0.3, 0.4) is 0 Å². The molecular formula is C16H23ClO5. The molecule has 1 unspecified atom stereocenters. The summed E-state index contributed by atoms with van der Waals surface area (Å²) < 4.78 is 22.8. The molecule has 22 heavy (non-hydrogen) atoms. The normalized spacial score (nSPS) is 28.2. The third-order valence-electron chi connectivity index (χ3n) is 3.69. The lowest BCUT2D eigenvalue weighted by atomic mass is 10.1. The van der Waals surface area contributed by atoms with E-state index in [4.69, 9.17) is 35.7 Å². The molecule has 1 aromatic carbocycles. The maximum Gasteiger partial charge on any atom is 0.186 e. The van der Waals surface area contributed by atoms with Crippen molar-refractivity contribution in [1.29, 1.82) is 0 Å². The minimum atomic E-state index is -0.493. The van der Waals surface area contributed by atoms with E-state index in [9.17, 15) is 0 Å². The predicted molar refractivity (Wildman–Crippen MR) is 82.8 cm³/mol. The minimum absolute atomic E-state index is 0.0546. The molecule has 0 aromatic heterocycles. The van der Waals surface area contributed by atoms with E-state index in [2.05, 4.69) is 0 Å². The molecule has 2 rings (SSSR count). The zero-order valence-electron chi connectivity index (χ0n) is 12.9. The summed E-state index contributed by atoms with van der Waals surface area (Å²) in [5, 5.41) is 9.65. The summed E-state index contributed by atoms with van der Waals surface area (Å²) in [6, 6.07) is 7.56. The average Bonchev–Trinajstić information content (AvgIpc) is 2.89. The first-order chi connectivity index (χ1) is 10.7. The fourth-order valence-corrected chi connectivity index (χ4v) is 2.77. The monoisotopic (exact) mass is 330 g/mol. The van der Waals surface area contributed by atoms with E-state index in [-0.39, 0.29) is 31.5 Å². The van der Waals surface area contributed by atoms with Crippen molar-refractivity contribution in [2.45, 2.75) is 44.6 Å². The van der Waals surface area contributed by atoms with E-state index in [1.807, 2.05) is 31.2 Å². The second-order valence-corrected chi connectivity index (χ2v) is 5.52. The number of rotatable bonds is 8. The molecule has 0 radical (unpaired) electrons. The lowest BCUT2D eigenvalue weighted by molar-refractivity contribution is -0.165. The fraction of sp³-hybridized carbons (Fsp3) is 0.625. The largest absolute Gasteiger partial charge is 0.394 e. The van der Waals surface area contributed by atoms with Crippen molar-refractivity contribution < 1.29 is 24.1 Å². The van der Waals surface area contributed by atoms with Crippen molar-refractivity contribution in [3.05, 3.63) is 34.9 Å². The number of aliphatic hydroxyl groups is 1. The van der Waals surface area contributed by atoms with Crippen LogP contribution in [0.4, 0.5) is 0 Å². The van der Waals surface area contributed by atoms with Crippen molar-refractivity contribution in [2.75, 3.05) is 20.3 Å².